The van der Waals surface area contributed by atoms with Crippen LogP contribution in [0.25, 0.3) is 0 Å². The van der Waals surface area contributed by atoms with Crippen LogP contribution in [0.2, 0.25) is 0 Å². The molecule has 0 atom stereocenters. The molecule has 138 valence electrons. The molecule has 4 heteroatoms. The monoisotopic (exact) mass is 352 g/mol. The molecule has 0 aromatic heterocycles. The molecular weight excluding hydrogens is 324 g/mol. The Balaban J connectivity index is 1.57. The summed E-state index contributed by atoms with van der Waals surface area (Å²) < 4.78 is 5.46. The Kier molecular flexibility index (Phi) is 6.29. The number of piperidine rings is 1. The number of nitrogens with zero attached hydrogens (tertiary/aromatic N) is 1. The van der Waals surface area contributed by atoms with Crippen molar-refractivity contribution in [3.05, 3.63) is 59.7 Å². The molecule has 0 saturated carbocycles. The van der Waals surface area contributed by atoms with Crippen molar-refractivity contribution in [1.82, 2.24) is 4.90 Å². The Hall–Kier alpha value is -2.33. The highest BCUT2D eigenvalue weighted by Gasteiger charge is 2.15. The number of benzene rings is 2. The summed E-state index contributed by atoms with van der Waals surface area (Å²) in [6, 6.07) is 15.4. The van der Waals surface area contributed by atoms with Crippen molar-refractivity contribution in [3.63, 3.8) is 0 Å². The number of likely N-dealkylation sites (tertiary alicyclic amines) is 1. The van der Waals surface area contributed by atoms with E-state index in [4.69, 9.17) is 4.74 Å². The van der Waals surface area contributed by atoms with Crippen molar-refractivity contribution in [2.24, 2.45) is 5.92 Å². The second kappa shape index (κ2) is 8.86. The third-order valence-corrected chi connectivity index (χ3v) is 4.90. The fourth-order valence-electron chi connectivity index (χ4n) is 3.27. The van der Waals surface area contributed by atoms with Crippen molar-refractivity contribution in [2.45, 2.75) is 33.2 Å². The third kappa shape index (κ3) is 5.09. The zero-order valence-corrected chi connectivity index (χ0v) is 15.7. The van der Waals surface area contributed by atoms with E-state index < -0.39 is 0 Å². The molecule has 1 amide bonds. The predicted octanol–water partition coefficient (Wildman–Crippen LogP) is 4.57. The Bertz CT molecular complexity index is 719. The number of nitrogens with one attached hydrogen (secondary N) is 1. The molecule has 3 rings (SSSR count). The molecule has 0 radical (unpaired) electrons. The molecule has 1 saturated heterocycles. The van der Waals surface area contributed by atoms with Gasteiger partial charge in [0.05, 0.1) is 6.61 Å². The molecule has 2 aromatic carbocycles. The first-order valence-corrected chi connectivity index (χ1v) is 9.49. The molecule has 0 unspecified atom stereocenters. The highest BCUT2D eigenvalue weighted by Crippen LogP contribution is 2.20. The molecule has 2 aromatic rings. The minimum atomic E-state index is -0.121. The lowest BCUT2D eigenvalue weighted by atomic mass is 9.99. The smallest absolute Gasteiger partial charge is 0.255 e. The van der Waals surface area contributed by atoms with Gasteiger partial charge in [-0.15, -0.1) is 0 Å². The van der Waals surface area contributed by atoms with Gasteiger partial charge >= 0.3 is 0 Å². The number of anilines is 1. The van der Waals surface area contributed by atoms with Gasteiger partial charge in [-0.3, -0.25) is 9.69 Å². The lowest BCUT2D eigenvalue weighted by Gasteiger charge is -2.30. The average molecular weight is 352 g/mol. The molecule has 0 aliphatic carbocycles. The molecule has 1 aliphatic heterocycles. The van der Waals surface area contributed by atoms with Crippen LogP contribution in [0.15, 0.2) is 48.5 Å². The minimum absolute atomic E-state index is 0.121. The van der Waals surface area contributed by atoms with Crippen LogP contribution in [0.4, 0.5) is 5.69 Å². The summed E-state index contributed by atoms with van der Waals surface area (Å²) >= 11 is 0. The average Bonchev–Trinajstić information content (AvgIpc) is 2.66. The van der Waals surface area contributed by atoms with E-state index in [9.17, 15) is 4.79 Å². The van der Waals surface area contributed by atoms with E-state index in [-0.39, 0.29) is 5.91 Å². The van der Waals surface area contributed by atoms with Gasteiger partial charge < -0.3 is 10.1 Å². The summed E-state index contributed by atoms with van der Waals surface area (Å²) in [5.74, 6) is 1.45. The number of hydrogen-bond acceptors (Lipinski definition) is 3. The Labute approximate surface area is 156 Å². The number of carbonyl (C=O) groups excluding carboxylic acids is 1. The van der Waals surface area contributed by atoms with Gasteiger partial charge in [-0.2, -0.15) is 0 Å². The summed E-state index contributed by atoms with van der Waals surface area (Å²) in [4.78, 5) is 14.9. The van der Waals surface area contributed by atoms with Gasteiger partial charge in [0, 0.05) is 17.8 Å². The van der Waals surface area contributed by atoms with E-state index in [1.54, 1.807) is 12.1 Å². The second-order valence-electron chi connectivity index (χ2n) is 7.07. The third-order valence-electron chi connectivity index (χ3n) is 4.90. The van der Waals surface area contributed by atoms with E-state index in [0.29, 0.717) is 17.9 Å². The number of amides is 1. The summed E-state index contributed by atoms with van der Waals surface area (Å²) in [6.45, 7) is 8.18. The van der Waals surface area contributed by atoms with E-state index in [0.717, 1.165) is 18.2 Å². The van der Waals surface area contributed by atoms with E-state index in [1.807, 2.05) is 31.2 Å². The Morgan fingerprint density at radius 1 is 1.15 bits per heavy atom. The van der Waals surface area contributed by atoms with Crippen LogP contribution >= 0.6 is 0 Å². The summed E-state index contributed by atoms with van der Waals surface area (Å²) in [5, 5.41) is 2.96. The van der Waals surface area contributed by atoms with Gasteiger partial charge in [0.1, 0.15) is 5.75 Å². The van der Waals surface area contributed by atoms with E-state index >= 15 is 0 Å². The lowest BCUT2D eigenvalue weighted by molar-refractivity contribution is 0.102. The molecule has 1 N–H and O–H groups in total. The van der Waals surface area contributed by atoms with Crippen LogP contribution in [0.3, 0.4) is 0 Å². The van der Waals surface area contributed by atoms with Crippen molar-refractivity contribution in [2.75, 3.05) is 25.0 Å². The standard InChI is InChI=1S/C22H28N2O2/c1-3-26-21-6-4-5-19(15-21)22(25)23-20-9-7-18(8-10-20)16-24-13-11-17(2)12-14-24/h4-10,15,17H,3,11-14,16H2,1-2H3,(H,23,25). The molecule has 0 spiro atoms. The number of hydrogen-bond donors (Lipinski definition) is 1. The normalized spacial score (nSPS) is 15.6. The van der Waals surface area contributed by atoms with Crippen molar-refractivity contribution in [1.29, 1.82) is 0 Å². The van der Waals surface area contributed by atoms with Gasteiger partial charge in [0.25, 0.3) is 5.91 Å². The molecule has 26 heavy (non-hydrogen) atoms. The maximum atomic E-state index is 12.4. The predicted molar refractivity (Wildman–Crippen MR) is 106 cm³/mol. The van der Waals surface area contributed by atoms with E-state index in [1.165, 1.54) is 31.5 Å². The zero-order valence-electron chi connectivity index (χ0n) is 15.7. The SMILES string of the molecule is CCOc1cccc(C(=O)Nc2ccc(CN3CCC(C)CC3)cc2)c1. The first-order chi connectivity index (χ1) is 12.6. The number of ether oxygens (including phenoxy) is 1. The largest absolute Gasteiger partial charge is 0.494 e. The van der Waals surface area contributed by atoms with Gasteiger partial charge in [0.15, 0.2) is 0 Å². The quantitative estimate of drug-likeness (QED) is 0.828. The van der Waals surface area contributed by atoms with Gasteiger partial charge in [-0.05, 0) is 74.7 Å². The summed E-state index contributed by atoms with van der Waals surface area (Å²) in [5.41, 5.74) is 2.70. The minimum Gasteiger partial charge on any atom is -0.494 e. The number of carbonyl (C=O) groups is 1. The first kappa shape index (κ1) is 18.5. The second-order valence-corrected chi connectivity index (χ2v) is 7.07. The molecule has 1 fully saturated rings. The number of rotatable bonds is 6. The van der Waals surface area contributed by atoms with Crippen LogP contribution in [0.5, 0.6) is 5.75 Å². The van der Waals surface area contributed by atoms with E-state index in [2.05, 4.69) is 29.3 Å². The van der Waals surface area contributed by atoms with Gasteiger partial charge in [-0.25, -0.2) is 0 Å². The Morgan fingerprint density at radius 3 is 2.58 bits per heavy atom. The highest BCUT2D eigenvalue weighted by molar-refractivity contribution is 6.04. The summed E-state index contributed by atoms with van der Waals surface area (Å²) in [7, 11) is 0. The molecule has 4 nitrogen and oxygen atoms in total. The zero-order chi connectivity index (χ0) is 18.4. The summed E-state index contributed by atoms with van der Waals surface area (Å²) in [6.07, 6.45) is 2.57. The first-order valence-electron chi connectivity index (χ1n) is 9.49. The van der Waals surface area contributed by atoms with Gasteiger partial charge in [-0.1, -0.05) is 25.1 Å². The van der Waals surface area contributed by atoms with Crippen LogP contribution in [-0.2, 0) is 6.54 Å². The molecule has 1 heterocycles. The van der Waals surface area contributed by atoms with Crippen molar-refractivity contribution in [3.8, 4) is 5.75 Å². The van der Waals surface area contributed by atoms with Crippen LogP contribution in [0, 0.1) is 5.92 Å². The van der Waals surface area contributed by atoms with Crippen LogP contribution < -0.4 is 10.1 Å². The fraction of sp³-hybridized carbons (Fsp3) is 0.409. The lowest BCUT2D eigenvalue weighted by Crippen LogP contribution is -2.32. The van der Waals surface area contributed by atoms with Crippen molar-refractivity contribution < 1.29 is 9.53 Å². The van der Waals surface area contributed by atoms with Gasteiger partial charge in [0.2, 0.25) is 0 Å². The highest BCUT2D eigenvalue weighted by atomic mass is 16.5. The molecule has 1 aliphatic rings. The maximum Gasteiger partial charge on any atom is 0.255 e. The van der Waals surface area contributed by atoms with Crippen LogP contribution in [-0.4, -0.2) is 30.5 Å². The van der Waals surface area contributed by atoms with Crippen LogP contribution in [0.1, 0.15) is 42.6 Å². The topological polar surface area (TPSA) is 41.6 Å². The fourth-order valence-corrected chi connectivity index (χ4v) is 3.27. The van der Waals surface area contributed by atoms with Crippen molar-refractivity contribution >= 4 is 11.6 Å². The maximum absolute atomic E-state index is 12.4. The Morgan fingerprint density at radius 2 is 1.88 bits per heavy atom. The molecule has 0 bridgehead atoms. The molecular formula is C22H28N2O2.